The minimum atomic E-state index is -4.51. The second-order valence-electron chi connectivity index (χ2n) is 5.06. The summed E-state index contributed by atoms with van der Waals surface area (Å²) in [5, 5.41) is 9.00. The normalized spacial score (nSPS) is 22.4. The van der Waals surface area contributed by atoms with E-state index in [1.54, 1.807) is 6.92 Å². The summed E-state index contributed by atoms with van der Waals surface area (Å²) in [6, 6.07) is 1.79. The summed E-state index contributed by atoms with van der Waals surface area (Å²) in [4.78, 5) is 27.9. The molecule has 1 aliphatic rings. The first kappa shape index (κ1) is 15.3. The molecule has 1 amide bonds. The lowest BCUT2D eigenvalue weighted by Gasteiger charge is -2.15. The third kappa shape index (κ3) is 3.14. The number of aliphatic carboxylic acids is 1. The van der Waals surface area contributed by atoms with Gasteiger partial charge in [0.25, 0.3) is 5.91 Å². The molecule has 0 radical (unpaired) electrons. The molecule has 8 heteroatoms. The Kier molecular flexibility index (Phi) is 3.89. The second-order valence-corrected chi connectivity index (χ2v) is 5.06. The zero-order valence-electron chi connectivity index (χ0n) is 11.1. The maximum absolute atomic E-state index is 12.4. The van der Waals surface area contributed by atoms with E-state index in [0.29, 0.717) is 6.20 Å². The molecular formula is C13H13F3N2O3. The van der Waals surface area contributed by atoms with Gasteiger partial charge in [-0.25, -0.2) is 0 Å². The number of carbonyl (C=O) groups excluding carboxylic acids is 1. The largest absolute Gasteiger partial charge is 0.481 e. The standard InChI is InChI=1S/C13H13F3N2O3/c1-7-5-18(6-9(7)12(20)21)11(19)10-3-2-8(4-17-10)13(14,15)16/h2-4,7,9H,5-6H2,1H3,(H,20,21). The molecule has 0 aromatic carbocycles. The van der Waals surface area contributed by atoms with Gasteiger partial charge < -0.3 is 10.0 Å². The molecule has 1 aromatic rings. The fourth-order valence-corrected chi connectivity index (χ4v) is 2.30. The van der Waals surface area contributed by atoms with E-state index in [0.717, 1.165) is 12.1 Å². The molecule has 2 unspecified atom stereocenters. The predicted molar refractivity (Wildman–Crippen MR) is 65.4 cm³/mol. The molecule has 1 fully saturated rings. The van der Waals surface area contributed by atoms with Crippen LogP contribution in [0.5, 0.6) is 0 Å². The molecule has 114 valence electrons. The molecule has 2 atom stereocenters. The third-order valence-corrected chi connectivity index (χ3v) is 3.53. The van der Waals surface area contributed by atoms with Crippen molar-refractivity contribution in [2.75, 3.05) is 13.1 Å². The molecule has 2 heterocycles. The topological polar surface area (TPSA) is 70.5 Å². The number of carbonyl (C=O) groups is 2. The molecule has 0 spiro atoms. The highest BCUT2D eigenvalue weighted by Gasteiger charge is 2.38. The van der Waals surface area contributed by atoms with E-state index in [1.165, 1.54) is 4.90 Å². The third-order valence-electron chi connectivity index (χ3n) is 3.53. The Hall–Kier alpha value is -2.12. The molecule has 0 saturated carbocycles. The van der Waals surface area contributed by atoms with Gasteiger partial charge >= 0.3 is 12.1 Å². The first-order valence-electron chi connectivity index (χ1n) is 6.25. The molecule has 21 heavy (non-hydrogen) atoms. The minimum absolute atomic E-state index is 0.0397. The smallest absolute Gasteiger partial charge is 0.417 e. The van der Waals surface area contributed by atoms with Crippen LogP contribution in [0.3, 0.4) is 0 Å². The van der Waals surface area contributed by atoms with Gasteiger partial charge in [-0.05, 0) is 18.1 Å². The number of carboxylic acid groups (broad SMARTS) is 1. The number of likely N-dealkylation sites (tertiary alicyclic amines) is 1. The molecular weight excluding hydrogens is 289 g/mol. The average molecular weight is 302 g/mol. The van der Waals surface area contributed by atoms with Gasteiger partial charge in [0, 0.05) is 19.3 Å². The van der Waals surface area contributed by atoms with Crippen LogP contribution >= 0.6 is 0 Å². The summed E-state index contributed by atoms with van der Waals surface area (Å²) in [7, 11) is 0. The van der Waals surface area contributed by atoms with E-state index in [4.69, 9.17) is 5.11 Å². The van der Waals surface area contributed by atoms with Crippen molar-refractivity contribution in [3.05, 3.63) is 29.6 Å². The Bertz CT molecular complexity index is 557. The van der Waals surface area contributed by atoms with Crippen LogP contribution < -0.4 is 0 Å². The molecule has 0 bridgehead atoms. The van der Waals surface area contributed by atoms with Crippen LogP contribution in [0.25, 0.3) is 0 Å². The molecule has 1 aliphatic heterocycles. The molecule has 2 rings (SSSR count). The number of nitrogens with zero attached hydrogens (tertiary/aromatic N) is 2. The number of hydrogen-bond donors (Lipinski definition) is 1. The van der Waals surface area contributed by atoms with Crippen molar-refractivity contribution in [3.63, 3.8) is 0 Å². The average Bonchev–Trinajstić information content (AvgIpc) is 2.79. The van der Waals surface area contributed by atoms with Crippen LogP contribution in [0.2, 0.25) is 0 Å². The number of amides is 1. The Labute approximate surface area is 118 Å². The molecule has 5 nitrogen and oxygen atoms in total. The van der Waals surface area contributed by atoms with Crippen LogP contribution in [-0.2, 0) is 11.0 Å². The fraction of sp³-hybridized carbons (Fsp3) is 0.462. The number of carboxylic acids is 1. The zero-order valence-corrected chi connectivity index (χ0v) is 11.1. The summed E-state index contributed by atoms with van der Waals surface area (Å²) in [6.45, 7) is 2.00. The van der Waals surface area contributed by atoms with Gasteiger partial charge in [0.05, 0.1) is 11.5 Å². The maximum atomic E-state index is 12.4. The van der Waals surface area contributed by atoms with Crippen LogP contribution in [0.1, 0.15) is 23.0 Å². The Balaban J connectivity index is 2.13. The first-order valence-corrected chi connectivity index (χ1v) is 6.25. The fourth-order valence-electron chi connectivity index (χ4n) is 2.30. The van der Waals surface area contributed by atoms with Gasteiger partial charge in [-0.3, -0.25) is 14.6 Å². The van der Waals surface area contributed by atoms with Gasteiger partial charge in [0.2, 0.25) is 0 Å². The van der Waals surface area contributed by atoms with E-state index in [2.05, 4.69) is 4.98 Å². The summed E-state index contributed by atoms with van der Waals surface area (Å²) in [5.74, 6) is -2.42. The highest BCUT2D eigenvalue weighted by atomic mass is 19.4. The van der Waals surface area contributed by atoms with Crippen molar-refractivity contribution in [3.8, 4) is 0 Å². The van der Waals surface area contributed by atoms with Crippen molar-refractivity contribution in [1.29, 1.82) is 0 Å². The zero-order chi connectivity index (χ0) is 15.8. The van der Waals surface area contributed by atoms with E-state index in [1.807, 2.05) is 0 Å². The van der Waals surface area contributed by atoms with E-state index < -0.39 is 29.5 Å². The van der Waals surface area contributed by atoms with Crippen molar-refractivity contribution < 1.29 is 27.9 Å². The van der Waals surface area contributed by atoms with Gasteiger partial charge in [-0.1, -0.05) is 6.92 Å². The number of rotatable bonds is 2. The quantitative estimate of drug-likeness (QED) is 0.905. The number of pyridine rings is 1. The number of alkyl halides is 3. The van der Waals surface area contributed by atoms with Crippen molar-refractivity contribution in [1.82, 2.24) is 9.88 Å². The van der Waals surface area contributed by atoms with E-state index in [-0.39, 0.29) is 24.7 Å². The first-order chi connectivity index (χ1) is 9.70. The summed E-state index contributed by atoms with van der Waals surface area (Å²) >= 11 is 0. The molecule has 1 N–H and O–H groups in total. The van der Waals surface area contributed by atoms with Gasteiger partial charge in [-0.15, -0.1) is 0 Å². The summed E-state index contributed by atoms with van der Waals surface area (Å²) < 4.78 is 37.2. The molecule has 1 saturated heterocycles. The van der Waals surface area contributed by atoms with Crippen LogP contribution in [0.4, 0.5) is 13.2 Å². The van der Waals surface area contributed by atoms with Crippen LogP contribution in [0.15, 0.2) is 18.3 Å². The SMILES string of the molecule is CC1CN(C(=O)c2ccc(C(F)(F)F)cn2)CC1C(=O)O. The van der Waals surface area contributed by atoms with Gasteiger partial charge in [0.1, 0.15) is 5.69 Å². The van der Waals surface area contributed by atoms with Gasteiger partial charge in [-0.2, -0.15) is 13.2 Å². The van der Waals surface area contributed by atoms with E-state index >= 15 is 0 Å². The van der Waals surface area contributed by atoms with Crippen molar-refractivity contribution in [2.24, 2.45) is 11.8 Å². The molecule has 0 aliphatic carbocycles. The van der Waals surface area contributed by atoms with E-state index in [9.17, 15) is 22.8 Å². The Morgan fingerprint density at radius 2 is 2.00 bits per heavy atom. The number of aromatic nitrogens is 1. The van der Waals surface area contributed by atoms with Gasteiger partial charge in [0.15, 0.2) is 0 Å². The highest BCUT2D eigenvalue weighted by molar-refractivity contribution is 5.93. The maximum Gasteiger partial charge on any atom is 0.417 e. The summed E-state index contributed by atoms with van der Waals surface area (Å²) in [5.41, 5.74) is -1.06. The van der Waals surface area contributed by atoms with Crippen molar-refractivity contribution >= 4 is 11.9 Å². The lowest BCUT2D eigenvalue weighted by molar-refractivity contribution is -0.142. The van der Waals surface area contributed by atoms with Crippen LogP contribution in [0, 0.1) is 11.8 Å². The minimum Gasteiger partial charge on any atom is -0.481 e. The molecule has 1 aromatic heterocycles. The lowest BCUT2D eigenvalue weighted by Crippen LogP contribution is -2.30. The monoisotopic (exact) mass is 302 g/mol. The predicted octanol–water partition coefficient (Wildman–Crippen LogP) is 1.89. The number of halogens is 3. The van der Waals surface area contributed by atoms with Crippen LogP contribution in [-0.4, -0.2) is 40.0 Å². The summed E-state index contributed by atoms with van der Waals surface area (Å²) in [6.07, 6.45) is -3.91. The lowest BCUT2D eigenvalue weighted by atomic mass is 9.99. The number of hydrogen-bond acceptors (Lipinski definition) is 3. The Morgan fingerprint density at radius 3 is 2.43 bits per heavy atom. The highest BCUT2D eigenvalue weighted by Crippen LogP contribution is 2.29. The second kappa shape index (κ2) is 5.34. The Morgan fingerprint density at radius 1 is 1.33 bits per heavy atom. The van der Waals surface area contributed by atoms with Crippen molar-refractivity contribution in [2.45, 2.75) is 13.1 Å².